The molecule has 0 aliphatic carbocycles. The minimum atomic E-state index is -0.522. The van der Waals surface area contributed by atoms with Gasteiger partial charge in [-0.05, 0) is 42.2 Å². The van der Waals surface area contributed by atoms with Crippen molar-refractivity contribution >= 4 is 0 Å². The Kier molecular flexibility index (Phi) is 7.25. The van der Waals surface area contributed by atoms with Gasteiger partial charge in [-0.25, -0.2) is 0 Å². The molecule has 24 heavy (non-hydrogen) atoms. The van der Waals surface area contributed by atoms with Gasteiger partial charge in [0, 0.05) is 19.6 Å². The van der Waals surface area contributed by atoms with Gasteiger partial charge in [-0.2, -0.15) is 0 Å². The molecule has 0 aromatic heterocycles. The molecular formula is C20H27NO3. The zero-order chi connectivity index (χ0) is 17.4. The van der Waals surface area contributed by atoms with E-state index < -0.39 is 6.10 Å². The third-order valence-corrected chi connectivity index (χ3v) is 4.19. The van der Waals surface area contributed by atoms with Crippen LogP contribution in [0.5, 0.6) is 5.75 Å². The van der Waals surface area contributed by atoms with Crippen molar-refractivity contribution in [1.82, 2.24) is 4.90 Å². The number of ether oxygens (including phenoxy) is 1. The molecule has 2 aromatic rings. The molecule has 0 radical (unpaired) electrons. The Hall–Kier alpha value is -1.88. The van der Waals surface area contributed by atoms with Crippen LogP contribution in [0.2, 0.25) is 0 Å². The van der Waals surface area contributed by atoms with Gasteiger partial charge in [-0.15, -0.1) is 0 Å². The first-order chi connectivity index (χ1) is 11.6. The number of nitrogens with zero attached hydrogens (tertiary/aromatic N) is 1. The molecule has 0 heterocycles. The van der Waals surface area contributed by atoms with Gasteiger partial charge < -0.3 is 14.9 Å². The molecule has 4 nitrogen and oxygen atoms in total. The number of aliphatic hydroxyl groups excluding tert-OH is 2. The van der Waals surface area contributed by atoms with Gasteiger partial charge in [0.05, 0.1) is 19.8 Å². The molecule has 0 saturated carbocycles. The van der Waals surface area contributed by atoms with E-state index in [4.69, 9.17) is 4.74 Å². The van der Waals surface area contributed by atoms with Gasteiger partial charge in [-0.1, -0.05) is 36.4 Å². The number of methoxy groups -OCH3 is 1. The average Bonchev–Trinajstić information content (AvgIpc) is 2.60. The predicted octanol–water partition coefficient (Wildman–Crippen LogP) is 2.92. The first-order valence-electron chi connectivity index (χ1n) is 8.33. The molecule has 0 bridgehead atoms. The Bertz CT molecular complexity index is 616. The third kappa shape index (κ3) is 5.34. The summed E-state index contributed by atoms with van der Waals surface area (Å²) in [4.78, 5) is 2.16. The van der Waals surface area contributed by atoms with Crippen LogP contribution in [0.15, 0.2) is 48.5 Å². The van der Waals surface area contributed by atoms with E-state index in [-0.39, 0.29) is 6.61 Å². The maximum atomic E-state index is 10.5. The minimum Gasteiger partial charge on any atom is -0.496 e. The maximum absolute atomic E-state index is 10.5. The summed E-state index contributed by atoms with van der Waals surface area (Å²) in [6.07, 6.45) is 0.102. The van der Waals surface area contributed by atoms with Gasteiger partial charge in [0.2, 0.25) is 0 Å². The molecular weight excluding hydrogens is 302 g/mol. The lowest BCUT2D eigenvalue weighted by Crippen LogP contribution is -2.28. The number of hydrogen-bond acceptors (Lipinski definition) is 4. The lowest BCUT2D eigenvalue weighted by atomic mass is 10.0. The fourth-order valence-electron chi connectivity index (χ4n) is 2.83. The third-order valence-electron chi connectivity index (χ3n) is 4.19. The van der Waals surface area contributed by atoms with Crippen LogP contribution in [0.4, 0.5) is 0 Å². The molecule has 0 aliphatic rings. The maximum Gasteiger partial charge on any atom is 0.121 e. The molecule has 0 aliphatic heterocycles. The quantitative estimate of drug-likeness (QED) is 0.743. The van der Waals surface area contributed by atoms with E-state index in [9.17, 15) is 10.2 Å². The molecule has 130 valence electrons. The van der Waals surface area contributed by atoms with Gasteiger partial charge in [0.15, 0.2) is 0 Å². The summed E-state index contributed by atoms with van der Waals surface area (Å²) in [6.45, 7) is 4.19. The van der Waals surface area contributed by atoms with E-state index in [1.165, 1.54) is 5.56 Å². The standard InChI is InChI=1S/C20H27NO3/c1-16-14-18(8-9-20(16)24-2)19(23)10-11-21(12-13-22)15-17-6-4-3-5-7-17/h3-9,14,19,22-23H,10-13,15H2,1-2H3. The zero-order valence-corrected chi connectivity index (χ0v) is 14.5. The Balaban J connectivity index is 1.94. The fourth-order valence-corrected chi connectivity index (χ4v) is 2.83. The number of aryl methyl sites for hydroxylation is 1. The molecule has 2 N–H and O–H groups in total. The molecule has 1 atom stereocenters. The van der Waals surface area contributed by atoms with Crippen molar-refractivity contribution in [3.05, 3.63) is 65.2 Å². The van der Waals surface area contributed by atoms with Crippen LogP contribution in [0.3, 0.4) is 0 Å². The highest BCUT2D eigenvalue weighted by molar-refractivity contribution is 5.36. The van der Waals surface area contributed by atoms with E-state index in [1.807, 2.05) is 43.3 Å². The number of hydrogen-bond donors (Lipinski definition) is 2. The highest BCUT2D eigenvalue weighted by atomic mass is 16.5. The summed E-state index contributed by atoms with van der Waals surface area (Å²) in [6, 6.07) is 15.9. The molecule has 0 saturated heterocycles. The van der Waals surface area contributed by atoms with Crippen molar-refractivity contribution in [3.63, 3.8) is 0 Å². The summed E-state index contributed by atoms with van der Waals surface area (Å²) in [5.74, 6) is 0.830. The second-order valence-electron chi connectivity index (χ2n) is 6.02. The largest absolute Gasteiger partial charge is 0.496 e. The van der Waals surface area contributed by atoms with Gasteiger partial charge in [-0.3, -0.25) is 4.90 Å². The molecule has 1 unspecified atom stereocenters. The molecule has 0 spiro atoms. The zero-order valence-electron chi connectivity index (χ0n) is 14.5. The van der Waals surface area contributed by atoms with Crippen LogP contribution in [0.1, 0.15) is 29.2 Å². The van der Waals surface area contributed by atoms with Crippen LogP contribution >= 0.6 is 0 Å². The molecule has 2 aromatic carbocycles. The second-order valence-corrected chi connectivity index (χ2v) is 6.02. The Morgan fingerprint density at radius 2 is 1.83 bits per heavy atom. The first kappa shape index (κ1) is 18.5. The summed E-state index contributed by atoms with van der Waals surface area (Å²) >= 11 is 0. The number of benzene rings is 2. The molecule has 0 amide bonds. The Morgan fingerprint density at radius 1 is 1.08 bits per heavy atom. The fraction of sp³-hybridized carbons (Fsp3) is 0.400. The van der Waals surface area contributed by atoms with Gasteiger partial charge in [0.1, 0.15) is 5.75 Å². The van der Waals surface area contributed by atoms with Gasteiger partial charge in [0.25, 0.3) is 0 Å². The lowest BCUT2D eigenvalue weighted by molar-refractivity contribution is 0.127. The predicted molar refractivity (Wildman–Crippen MR) is 96.1 cm³/mol. The van der Waals surface area contributed by atoms with Crippen molar-refractivity contribution in [2.75, 3.05) is 26.8 Å². The second kappa shape index (κ2) is 9.42. The monoisotopic (exact) mass is 329 g/mol. The molecule has 2 rings (SSSR count). The highest BCUT2D eigenvalue weighted by Crippen LogP contribution is 2.24. The van der Waals surface area contributed by atoms with Gasteiger partial charge >= 0.3 is 0 Å². The van der Waals surface area contributed by atoms with Crippen molar-refractivity contribution in [2.45, 2.75) is 26.0 Å². The van der Waals surface area contributed by atoms with E-state index in [2.05, 4.69) is 17.0 Å². The van der Waals surface area contributed by atoms with E-state index >= 15 is 0 Å². The van der Waals surface area contributed by atoms with Crippen molar-refractivity contribution in [3.8, 4) is 5.75 Å². The van der Waals surface area contributed by atoms with E-state index in [0.29, 0.717) is 13.0 Å². The Morgan fingerprint density at radius 3 is 2.46 bits per heavy atom. The van der Waals surface area contributed by atoms with Crippen molar-refractivity contribution < 1.29 is 14.9 Å². The summed E-state index contributed by atoms with van der Waals surface area (Å²) in [5.41, 5.74) is 3.13. The lowest BCUT2D eigenvalue weighted by Gasteiger charge is -2.23. The summed E-state index contributed by atoms with van der Waals surface area (Å²) in [7, 11) is 1.65. The summed E-state index contributed by atoms with van der Waals surface area (Å²) in [5, 5.41) is 19.7. The smallest absolute Gasteiger partial charge is 0.121 e. The van der Waals surface area contributed by atoms with Crippen LogP contribution in [0, 0.1) is 6.92 Å². The normalized spacial score (nSPS) is 12.4. The van der Waals surface area contributed by atoms with Crippen molar-refractivity contribution in [1.29, 1.82) is 0 Å². The minimum absolute atomic E-state index is 0.116. The first-order valence-corrected chi connectivity index (χ1v) is 8.33. The molecule has 4 heteroatoms. The van der Waals surface area contributed by atoms with E-state index in [1.54, 1.807) is 7.11 Å². The average molecular weight is 329 g/mol. The molecule has 0 fully saturated rings. The van der Waals surface area contributed by atoms with Crippen LogP contribution in [-0.4, -0.2) is 41.9 Å². The van der Waals surface area contributed by atoms with Crippen molar-refractivity contribution in [2.24, 2.45) is 0 Å². The Labute approximate surface area is 144 Å². The van der Waals surface area contributed by atoms with Crippen LogP contribution in [-0.2, 0) is 6.54 Å². The van der Waals surface area contributed by atoms with Crippen LogP contribution < -0.4 is 4.74 Å². The topological polar surface area (TPSA) is 52.9 Å². The number of rotatable bonds is 9. The SMILES string of the molecule is COc1ccc(C(O)CCN(CCO)Cc2ccccc2)cc1C. The summed E-state index contributed by atoms with van der Waals surface area (Å²) < 4.78 is 5.26. The van der Waals surface area contributed by atoms with Crippen LogP contribution in [0.25, 0.3) is 0 Å². The highest BCUT2D eigenvalue weighted by Gasteiger charge is 2.13. The van der Waals surface area contributed by atoms with E-state index in [0.717, 1.165) is 30.0 Å². The number of aliphatic hydroxyl groups is 2.